The van der Waals surface area contributed by atoms with E-state index in [1.807, 2.05) is 0 Å². The fourth-order valence-electron chi connectivity index (χ4n) is 1.51. The van der Waals surface area contributed by atoms with Crippen molar-refractivity contribution < 1.29 is 4.48 Å². The molecule has 0 aliphatic rings. The normalized spacial score (nSPS) is 12.0. The molecular weight excluding hydrogens is 172 g/mol. The lowest BCUT2D eigenvalue weighted by Crippen LogP contribution is -2.47. The van der Waals surface area contributed by atoms with Crippen LogP contribution in [-0.2, 0) is 0 Å². The maximum atomic E-state index is 3.53. The van der Waals surface area contributed by atoms with E-state index in [-0.39, 0.29) is 0 Å². The molecule has 0 aliphatic carbocycles. The van der Waals surface area contributed by atoms with Crippen LogP contribution in [0.5, 0.6) is 0 Å². The van der Waals surface area contributed by atoms with Crippen LogP contribution >= 0.6 is 0 Å². The maximum absolute atomic E-state index is 3.53. The Bertz CT molecular complexity index is 119. The van der Waals surface area contributed by atoms with Gasteiger partial charge in [-0.25, -0.2) is 0 Å². The highest BCUT2D eigenvalue weighted by molar-refractivity contribution is 4.47. The highest BCUT2D eigenvalue weighted by Crippen LogP contribution is 1.99. The second kappa shape index (κ2) is 8.25. The van der Waals surface area contributed by atoms with Gasteiger partial charge in [-0.05, 0) is 26.8 Å². The second-order valence-corrected chi connectivity index (χ2v) is 4.43. The molecule has 2 heteroatoms. The van der Waals surface area contributed by atoms with Gasteiger partial charge in [0.1, 0.15) is 0 Å². The zero-order valence-corrected chi connectivity index (χ0v) is 10.6. The van der Waals surface area contributed by atoms with E-state index in [4.69, 9.17) is 0 Å². The lowest BCUT2D eigenvalue weighted by Gasteiger charge is -2.32. The molecule has 0 aliphatic heterocycles. The summed E-state index contributed by atoms with van der Waals surface area (Å²) in [5, 5.41) is 3.53. The Balaban J connectivity index is 3.34. The van der Waals surface area contributed by atoms with Gasteiger partial charge >= 0.3 is 0 Å². The number of hydrogen-bond donors (Lipinski definition) is 1. The number of hydrogen-bond acceptors (Lipinski definition) is 1. The van der Waals surface area contributed by atoms with Crippen molar-refractivity contribution in [2.45, 2.75) is 40.0 Å². The van der Waals surface area contributed by atoms with Crippen molar-refractivity contribution in [2.24, 2.45) is 0 Å². The third kappa shape index (κ3) is 6.39. The smallest absolute Gasteiger partial charge is 0.0911 e. The minimum atomic E-state index is 1.17. The number of rotatable bonds is 9. The Morgan fingerprint density at radius 2 is 1.57 bits per heavy atom. The van der Waals surface area contributed by atoms with Gasteiger partial charge in [0.25, 0.3) is 0 Å². The zero-order valence-electron chi connectivity index (χ0n) is 10.6. The summed E-state index contributed by atoms with van der Waals surface area (Å²) in [5.41, 5.74) is 0. The molecule has 1 N–H and O–H groups in total. The van der Waals surface area contributed by atoms with Crippen LogP contribution in [0.15, 0.2) is 0 Å². The number of nitrogens with zero attached hydrogens (tertiary/aromatic N) is 1. The molecular formula is C12H29N2+. The first kappa shape index (κ1) is 13.9. The van der Waals surface area contributed by atoms with Gasteiger partial charge in [0.15, 0.2) is 0 Å². The fraction of sp³-hybridized carbons (Fsp3) is 1.00. The monoisotopic (exact) mass is 201 g/mol. The standard InChI is InChI=1S/C12H29N2/c1-5-8-9-10-13-11-12-14(4,6-2)7-3/h13H,5-12H2,1-4H3/q+1. The van der Waals surface area contributed by atoms with Crippen LogP contribution in [0, 0.1) is 0 Å². The minimum absolute atomic E-state index is 1.17. The van der Waals surface area contributed by atoms with E-state index >= 15 is 0 Å². The van der Waals surface area contributed by atoms with Crippen LogP contribution in [-0.4, -0.2) is 44.3 Å². The van der Waals surface area contributed by atoms with E-state index in [9.17, 15) is 0 Å². The molecule has 0 heterocycles. The van der Waals surface area contributed by atoms with E-state index in [0.29, 0.717) is 0 Å². The summed E-state index contributed by atoms with van der Waals surface area (Å²) in [6.45, 7) is 12.9. The van der Waals surface area contributed by atoms with Crippen molar-refractivity contribution in [3.63, 3.8) is 0 Å². The van der Waals surface area contributed by atoms with Crippen LogP contribution in [0.3, 0.4) is 0 Å². The Morgan fingerprint density at radius 1 is 0.929 bits per heavy atom. The van der Waals surface area contributed by atoms with E-state index in [1.165, 1.54) is 56.5 Å². The van der Waals surface area contributed by atoms with Gasteiger partial charge in [0, 0.05) is 6.54 Å². The summed E-state index contributed by atoms with van der Waals surface area (Å²) >= 11 is 0. The van der Waals surface area contributed by atoms with Gasteiger partial charge in [-0.2, -0.15) is 0 Å². The van der Waals surface area contributed by atoms with Crippen molar-refractivity contribution in [1.82, 2.24) is 5.32 Å². The Morgan fingerprint density at radius 3 is 2.07 bits per heavy atom. The first-order valence-electron chi connectivity index (χ1n) is 6.22. The Kier molecular flexibility index (Phi) is 8.20. The van der Waals surface area contributed by atoms with Crippen LogP contribution < -0.4 is 5.32 Å². The molecule has 14 heavy (non-hydrogen) atoms. The quantitative estimate of drug-likeness (QED) is 0.446. The van der Waals surface area contributed by atoms with Gasteiger partial charge in [-0.1, -0.05) is 19.8 Å². The molecule has 2 nitrogen and oxygen atoms in total. The summed E-state index contributed by atoms with van der Waals surface area (Å²) in [6, 6.07) is 0. The van der Waals surface area contributed by atoms with Crippen LogP contribution in [0.25, 0.3) is 0 Å². The predicted octanol–water partition coefficient (Wildman–Crippen LogP) is 2.25. The van der Waals surface area contributed by atoms with Crippen molar-refractivity contribution in [3.8, 4) is 0 Å². The third-order valence-corrected chi connectivity index (χ3v) is 3.31. The fourth-order valence-corrected chi connectivity index (χ4v) is 1.51. The van der Waals surface area contributed by atoms with Gasteiger partial charge in [0.2, 0.25) is 0 Å². The van der Waals surface area contributed by atoms with Crippen molar-refractivity contribution in [3.05, 3.63) is 0 Å². The predicted molar refractivity (Wildman–Crippen MR) is 64.5 cm³/mol. The summed E-state index contributed by atoms with van der Waals surface area (Å²) in [6.07, 6.45) is 4.01. The molecule has 86 valence electrons. The Labute approximate surface area is 90.3 Å². The SMILES string of the molecule is CCCCCNCC[N+](C)(CC)CC. The second-order valence-electron chi connectivity index (χ2n) is 4.43. The van der Waals surface area contributed by atoms with E-state index < -0.39 is 0 Å². The molecule has 0 aromatic carbocycles. The number of quaternary nitrogens is 1. The largest absolute Gasteiger partial charge is 0.325 e. The number of unbranched alkanes of at least 4 members (excludes halogenated alkanes) is 2. The molecule has 0 rings (SSSR count). The van der Waals surface area contributed by atoms with Crippen molar-refractivity contribution in [1.29, 1.82) is 0 Å². The van der Waals surface area contributed by atoms with Crippen LogP contribution in [0.1, 0.15) is 40.0 Å². The summed E-state index contributed by atoms with van der Waals surface area (Å²) in [4.78, 5) is 0. The molecule has 0 aromatic rings. The maximum Gasteiger partial charge on any atom is 0.0911 e. The summed E-state index contributed by atoms with van der Waals surface area (Å²) in [5.74, 6) is 0. The highest BCUT2D eigenvalue weighted by atomic mass is 15.3. The first-order chi connectivity index (χ1) is 6.68. The van der Waals surface area contributed by atoms with Gasteiger partial charge in [-0.15, -0.1) is 0 Å². The summed E-state index contributed by atoms with van der Waals surface area (Å²) in [7, 11) is 2.34. The molecule has 0 saturated heterocycles. The minimum Gasteiger partial charge on any atom is -0.325 e. The lowest BCUT2D eigenvalue weighted by atomic mass is 10.2. The molecule has 0 saturated carbocycles. The molecule has 0 unspecified atom stereocenters. The average molecular weight is 201 g/mol. The molecule has 0 atom stereocenters. The van der Waals surface area contributed by atoms with E-state index in [1.54, 1.807) is 0 Å². The molecule has 0 aromatic heterocycles. The lowest BCUT2D eigenvalue weighted by molar-refractivity contribution is -0.905. The Hall–Kier alpha value is -0.0800. The first-order valence-corrected chi connectivity index (χ1v) is 6.22. The molecule has 0 fully saturated rings. The van der Waals surface area contributed by atoms with Crippen LogP contribution in [0.2, 0.25) is 0 Å². The average Bonchev–Trinajstić information content (AvgIpc) is 2.23. The van der Waals surface area contributed by atoms with Gasteiger partial charge in [-0.3, -0.25) is 0 Å². The van der Waals surface area contributed by atoms with Crippen LogP contribution in [0.4, 0.5) is 0 Å². The number of nitrogens with one attached hydrogen (secondary N) is 1. The highest BCUT2D eigenvalue weighted by Gasteiger charge is 2.14. The van der Waals surface area contributed by atoms with Gasteiger partial charge in [0.05, 0.1) is 26.7 Å². The van der Waals surface area contributed by atoms with Crippen molar-refractivity contribution >= 4 is 0 Å². The topological polar surface area (TPSA) is 12.0 Å². The zero-order chi connectivity index (χ0) is 10.9. The van der Waals surface area contributed by atoms with E-state index in [2.05, 4.69) is 33.1 Å². The molecule has 0 amide bonds. The van der Waals surface area contributed by atoms with Crippen molar-refractivity contribution in [2.75, 3.05) is 39.8 Å². The number of likely N-dealkylation sites (N-methyl/N-ethyl adjacent to an activating group) is 1. The van der Waals surface area contributed by atoms with E-state index in [0.717, 1.165) is 0 Å². The molecule has 0 spiro atoms. The summed E-state index contributed by atoms with van der Waals surface area (Å²) < 4.78 is 1.20. The third-order valence-electron chi connectivity index (χ3n) is 3.31. The molecule has 0 radical (unpaired) electrons. The van der Waals surface area contributed by atoms with Gasteiger partial charge < -0.3 is 9.80 Å². The molecule has 0 bridgehead atoms.